The van der Waals surface area contributed by atoms with E-state index in [4.69, 9.17) is 0 Å². The van der Waals surface area contributed by atoms with Crippen LogP contribution in [0.15, 0.2) is 42.5 Å². The molecule has 6 heteroatoms. The van der Waals surface area contributed by atoms with Crippen LogP contribution in [0, 0.1) is 17.0 Å². The third-order valence-corrected chi connectivity index (χ3v) is 3.23. The number of nitro benzene ring substituents is 1. The Hall–Kier alpha value is -3.02. The van der Waals surface area contributed by atoms with Crippen molar-refractivity contribution in [1.29, 1.82) is 0 Å². The lowest BCUT2D eigenvalue weighted by Crippen LogP contribution is -2.15. The highest BCUT2D eigenvalue weighted by molar-refractivity contribution is 6.09. The summed E-state index contributed by atoms with van der Waals surface area (Å²) in [4.78, 5) is 34.2. The van der Waals surface area contributed by atoms with E-state index < -0.39 is 10.8 Å². The van der Waals surface area contributed by atoms with Gasteiger partial charge in [-0.1, -0.05) is 18.2 Å². The van der Waals surface area contributed by atoms with E-state index in [1.54, 1.807) is 31.2 Å². The summed E-state index contributed by atoms with van der Waals surface area (Å²) in [5, 5.41) is 13.5. The molecule has 2 aromatic rings. The Labute approximate surface area is 126 Å². The Morgan fingerprint density at radius 1 is 1.09 bits per heavy atom. The van der Waals surface area contributed by atoms with E-state index in [1.165, 1.54) is 25.1 Å². The predicted molar refractivity (Wildman–Crippen MR) is 82.2 cm³/mol. The van der Waals surface area contributed by atoms with Gasteiger partial charge in [0.15, 0.2) is 5.78 Å². The minimum Gasteiger partial charge on any atom is -0.321 e. The van der Waals surface area contributed by atoms with Crippen LogP contribution in [0.2, 0.25) is 0 Å². The van der Waals surface area contributed by atoms with Crippen molar-refractivity contribution in [3.05, 3.63) is 69.3 Å². The average Bonchev–Trinajstić information content (AvgIpc) is 2.47. The van der Waals surface area contributed by atoms with Crippen molar-refractivity contribution in [2.45, 2.75) is 13.8 Å². The number of para-hydroxylation sites is 1. The molecule has 0 unspecified atom stereocenters. The van der Waals surface area contributed by atoms with Gasteiger partial charge in [0, 0.05) is 23.3 Å². The van der Waals surface area contributed by atoms with E-state index in [0.717, 1.165) is 0 Å². The number of hydrogen-bond acceptors (Lipinski definition) is 4. The number of anilines is 1. The molecule has 1 amide bonds. The number of ketones is 1. The number of nitro groups is 1. The minimum absolute atomic E-state index is 0.157. The number of carbonyl (C=O) groups is 2. The number of benzene rings is 2. The molecule has 22 heavy (non-hydrogen) atoms. The number of non-ortho nitro benzene ring substituents is 1. The summed E-state index contributed by atoms with van der Waals surface area (Å²) >= 11 is 0. The quantitative estimate of drug-likeness (QED) is 0.532. The first-order chi connectivity index (χ1) is 10.4. The van der Waals surface area contributed by atoms with Crippen LogP contribution in [0.5, 0.6) is 0 Å². The molecule has 2 rings (SSSR count). The summed E-state index contributed by atoms with van der Waals surface area (Å²) in [5.41, 5.74) is 1.43. The van der Waals surface area contributed by atoms with Gasteiger partial charge in [-0.05, 0) is 31.5 Å². The lowest BCUT2D eigenvalue weighted by atomic mass is 10.1. The first kappa shape index (κ1) is 15.4. The van der Waals surface area contributed by atoms with E-state index in [9.17, 15) is 19.7 Å². The molecule has 0 aliphatic heterocycles. The summed E-state index contributed by atoms with van der Waals surface area (Å²) in [6.07, 6.45) is 0. The standard InChI is InChI=1S/C16H14N2O4/c1-10-7-8-12(18(21)22)9-14(10)16(20)17-15-6-4-3-5-13(15)11(2)19/h3-9H,1-2H3,(H,17,20). The third kappa shape index (κ3) is 3.17. The first-order valence-electron chi connectivity index (χ1n) is 6.56. The molecule has 0 atom stereocenters. The smallest absolute Gasteiger partial charge is 0.270 e. The van der Waals surface area contributed by atoms with Crippen molar-refractivity contribution in [3.63, 3.8) is 0 Å². The van der Waals surface area contributed by atoms with E-state index in [1.807, 2.05) is 0 Å². The van der Waals surface area contributed by atoms with E-state index in [-0.39, 0.29) is 17.0 Å². The normalized spacial score (nSPS) is 10.1. The van der Waals surface area contributed by atoms with Crippen LogP contribution in [0.1, 0.15) is 33.2 Å². The van der Waals surface area contributed by atoms with Gasteiger partial charge in [-0.25, -0.2) is 0 Å². The number of carbonyl (C=O) groups excluding carboxylic acids is 2. The number of rotatable bonds is 4. The molecule has 0 aromatic heterocycles. The number of amides is 1. The molecule has 6 nitrogen and oxygen atoms in total. The highest BCUT2D eigenvalue weighted by Gasteiger charge is 2.16. The lowest BCUT2D eigenvalue weighted by molar-refractivity contribution is -0.384. The Morgan fingerprint density at radius 3 is 2.41 bits per heavy atom. The molecular weight excluding hydrogens is 284 g/mol. The Morgan fingerprint density at radius 2 is 1.77 bits per heavy atom. The molecule has 0 fully saturated rings. The van der Waals surface area contributed by atoms with Crippen molar-refractivity contribution in [1.82, 2.24) is 0 Å². The number of nitrogens with zero attached hydrogens (tertiary/aromatic N) is 1. The maximum atomic E-state index is 12.3. The van der Waals surface area contributed by atoms with E-state index >= 15 is 0 Å². The van der Waals surface area contributed by atoms with Crippen LogP contribution in [-0.4, -0.2) is 16.6 Å². The van der Waals surface area contributed by atoms with E-state index in [2.05, 4.69) is 5.32 Å². The van der Waals surface area contributed by atoms with Crippen molar-refractivity contribution < 1.29 is 14.5 Å². The fourth-order valence-electron chi connectivity index (χ4n) is 2.06. The van der Waals surface area contributed by atoms with Crippen molar-refractivity contribution in [2.24, 2.45) is 0 Å². The molecule has 1 N–H and O–H groups in total. The van der Waals surface area contributed by atoms with Gasteiger partial charge < -0.3 is 5.32 Å². The van der Waals surface area contributed by atoms with E-state index in [0.29, 0.717) is 16.8 Å². The topological polar surface area (TPSA) is 89.3 Å². The SMILES string of the molecule is CC(=O)c1ccccc1NC(=O)c1cc([N+](=O)[O-])ccc1C. The molecule has 0 saturated heterocycles. The second kappa shape index (κ2) is 6.17. The van der Waals surface area contributed by atoms with Crippen LogP contribution >= 0.6 is 0 Å². The zero-order valence-corrected chi connectivity index (χ0v) is 12.1. The van der Waals surface area contributed by atoms with Crippen LogP contribution < -0.4 is 5.32 Å². The zero-order chi connectivity index (χ0) is 16.3. The van der Waals surface area contributed by atoms with Gasteiger partial charge in [-0.2, -0.15) is 0 Å². The summed E-state index contributed by atoms with van der Waals surface area (Å²) in [6.45, 7) is 3.10. The Bertz CT molecular complexity index is 768. The summed E-state index contributed by atoms with van der Waals surface area (Å²) in [6, 6.07) is 10.7. The van der Waals surface area contributed by atoms with Gasteiger partial charge in [0.25, 0.3) is 11.6 Å². The van der Waals surface area contributed by atoms with Crippen molar-refractivity contribution >= 4 is 23.1 Å². The van der Waals surface area contributed by atoms with Crippen LogP contribution in [-0.2, 0) is 0 Å². The molecule has 0 saturated carbocycles. The number of nitrogens with one attached hydrogen (secondary N) is 1. The van der Waals surface area contributed by atoms with Gasteiger partial charge in [-0.15, -0.1) is 0 Å². The van der Waals surface area contributed by atoms with Gasteiger partial charge >= 0.3 is 0 Å². The molecule has 0 spiro atoms. The lowest BCUT2D eigenvalue weighted by Gasteiger charge is -2.10. The monoisotopic (exact) mass is 298 g/mol. The fraction of sp³-hybridized carbons (Fsp3) is 0.125. The van der Waals surface area contributed by atoms with Crippen molar-refractivity contribution in [3.8, 4) is 0 Å². The average molecular weight is 298 g/mol. The number of hydrogen-bond donors (Lipinski definition) is 1. The molecule has 0 aliphatic rings. The molecule has 0 bridgehead atoms. The second-order valence-electron chi connectivity index (χ2n) is 4.81. The van der Waals surface area contributed by atoms with Crippen LogP contribution in [0.3, 0.4) is 0 Å². The van der Waals surface area contributed by atoms with Gasteiger partial charge in [0.1, 0.15) is 0 Å². The number of aryl methyl sites for hydroxylation is 1. The summed E-state index contributed by atoms with van der Waals surface area (Å²) < 4.78 is 0. The van der Waals surface area contributed by atoms with Crippen LogP contribution in [0.4, 0.5) is 11.4 Å². The fourth-order valence-corrected chi connectivity index (χ4v) is 2.06. The minimum atomic E-state index is -0.556. The molecule has 0 radical (unpaired) electrons. The largest absolute Gasteiger partial charge is 0.321 e. The second-order valence-corrected chi connectivity index (χ2v) is 4.81. The third-order valence-electron chi connectivity index (χ3n) is 3.23. The number of Topliss-reactive ketones (excluding diaryl/α,β-unsaturated/α-hetero) is 1. The predicted octanol–water partition coefficient (Wildman–Crippen LogP) is 3.36. The summed E-state index contributed by atoms with van der Waals surface area (Å²) in [5.74, 6) is -0.665. The van der Waals surface area contributed by atoms with Crippen LogP contribution in [0.25, 0.3) is 0 Å². The highest BCUT2D eigenvalue weighted by atomic mass is 16.6. The maximum absolute atomic E-state index is 12.3. The molecule has 2 aromatic carbocycles. The maximum Gasteiger partial charge on any atom is 0.270 e. The molecule has 0 heterocycles. The molecule has 0 aliphatic carbocycles. The summed E-state index contributed by atoms with van der Waals surface area (Å²) in [7, 11) is 0. The Balaban J connectivity index is 2.36. The molecular formula is C16H14N2O4. The van der Waals surface area contributed by atoms with Gasteiger partial charge in [-0.3, -0.25) is 19.7 Å². The van der Waals surface area contributed by atoms with Crippen molar-refractivity contribution in [2.75, 3.05) is 5.32 Å². The van der Waals surface area contributed by atoms with Gasteiger partial charge in [0.05, 0.1) is 10.6 Å². The molecule has 112 valence electrons. The first-order valence-corrected chi connectivity index (χ1v) is 6.56. The van der Waals surface area contributed by atoms with Gasteiger partial charge in [0.2, 0.25) is 0 Å². The zero-order valence-electron chi connectivity index (χ0n) is 12.1. The Kier molecular flexibility index (Phi) is 4.31. The highest BCUT2D eigenvalue weighted by Crippen LogP contribution is 2.21.